The molecule has 0 amide bonds. The fourth-order valence-electron chi connectivity index (χ4n) is 3.87. The van der Waals surface area contributed by atoms with Gasteiger partial charge in [-0.1, -0.05) is 44.2 Å². The molecular weight excluding hydrogens is 320 g/mol. The van der Waals surface area contributed by atoms with E-state index in [2.05, 4.69) is 51.2 Å². The minimum absolute atomic E-state index is 0.0210. The zero-order chi connectivity index (χ0) is 17.6. The number of hydrogen-bond acceptors (Lipinski definition) is 4. The molecule has 2 aliphatic heterocycles. The zero-order valence-corrected chi connectivity index (χ0v) is 16.5. The topological polar surface area (TPSA) is 47.9 Å². The molecule has 0 spiro atoms. The van der Waals surface area contributed by atoms with Crippen molar-refractivity contribution in [1.29, 1.82) is 0 Å². The lowest BCUT2D eigenvalue weighted by molar-refractivity contribution is -0.290. The normalized spacial score (nSPS) is 33.7. The largest absolute Gasteiger partial charge is 0.410 e. The van der Waals surface area contributed by atoms with Crippen LogP contribution in [-0.2, 0) is 18.9 Å². The molecule has 0 saturated carbocycles. The van der Waals surface area contributed by atoms with Gasteiger partial charge < -0.3 is 19.0 Å². The molecule has 0 unspecified atom stereocenters. The number of aliphatic hydroxyl groups is 1. The molecule has 0 aliphatic carbocycles. The summed E-state index contributed by atoms with van der Waals surface area (Å²) in [6.07, 6.45) is 1.23. The molecule has 2 bridgehead atoms. The van der Waals surface area contributed by atoms with E-state index in [1.54, 1.807) is 0 Å². The predicted molar refractivity (Wildman–Crippen MR) is 96.3 cm³/mol. The van der Waals surface area contributed by atoms with Gasteiger partial charge in [-0.2, -0.15) is 0 Å². The molecule has 134 valence electrons. The van der Waals surface area contributed by atoms with Gasteiger partial charge in [-0.25, -0.2) is 0 Å². The highest BCUT2D eigenvalue weighted by Crippen LogP contribution is 2.48. The van der Waals surface area contributed by atoms with Crippen LogP contribution in [0.1, 0.15) is 39.2 Å². The second kappa shape index (κ2) is 5.92. The van der Waals surface area contributed by atoms with E-state index >= 15 is 0 Å². The summed E-state index contributed by atoms with van der Waals surface area (Å²) in [6.45, 7) is 11.6. The molecule has 0 aromatic heterocycles. The number of benzene rings is 1. The summed E-state index contributed by atoms with van der Waals surface area (Å²) in [4.78, 5) is 0. The fourth-order valence-corrected chi connectivity index (χ4v) is 6.03. The Morgan fingerprint density at radius 2 is 1.96 bits per heavy atom. The number of fused-ring (bicyclic) bond motifs is 2. The molecule has 4 nitrogen and oxygen atoms in total. The van der Waals surface area contributed by atoms with E-state index in [-0.39, 0.29) is 17.7 Å². The third kappa shape index (κ3) is 2.86. The summed E-state index contributed by atoms with van der Waals surface area (Å²) in [5.41, 5.74) is 0.674. The van der Waals surface area contributed by atoms with Crippen molar-refractivity contribution in [2.75, 3.05) is 13.2 Å². The third-order valence-electron chi connectivity index (χ3n) is 6.20. The quantitative estimate of drug-likeness (QED) is 0.827. The van der Waals surface area contributed by atoms with Crippen LogP contribution in [0.4, 0.5) is 0 Å². The van der Waals surface area contributed by atoms with E-state index in [1.807, 2.05) is 13.0 Å². The Morgan fingerprint density at radius 1 is 1.29 bits per heavy atom. The molecule has 2 saturated heterocycles. The average Bonchev–Trinajstić information content (AvgIpc) is 2.73. The van der Waals surface area contributed by atoms with Gasteiger partial charge in [0, 0.05) is 17.9 Å². The number of ether oxygens (including phenoxy) is 2. The van der Waals surface area contributed by atoms with Crippen molar-refractivity contribution in [1.82, 2.24) is 0 Å². The monoisotopic (exact) mass is 350 g/mol. The van der Waals surface area contributed by atoms with Gasteiger partial charge in [0.1, 0.15) is 5.60 Å². The molecule has 1 aromatic carbocycles. The summed E-state index contributed by atoms with van der Waals surface area (Å²) in [5, 5.41) is 9.97. The first-order valence-electron chi connectivity index (χ1n) is 8.83. The van der Waals surface area contributed by atoms with E-state index in [0.29, 0.717) is 19.4 Å². The van der Waals surface area contributed by atoms with Crippen molar-refractivity contribution in [2.24, 2.45) is 0 Å². The highest BCUT2D eigenvalue weighted by molar-refractivity contribution is 6.74. The standard InChI is InChI=1S/C19H30O4Si/c1-17(2,15-9-7-6-8-10-15)24(4,5)22-16-13-18(3)21-12-11-19(16,14-20)23-18/h6-10,16,20H,11-14H2,1-5H3/t16-,18+,19-/m1/s1. The Morgan fingerprint density at radius 3 is 2.58 bits per heavy atom. The van der Waals surface area contributed by atoms with E-state index in [9.17, 15) is 5.11 Å². The lowest BCUT2D eigenvalue weighted by atomic mass is 9.94. The first-order valence-corrected chi connectivity index (χ1v) is 11.7. The zero-order valence-electron chi connectivity index (χ0n) is 15.5. The molecular formula is C19H30O4Si. The van der Waals surface area contributed by atoms with Crippen LogP contribution in [0.2, 0.25) is 13.1 Å². The van der Waals surface area contributed by atoms with Gasteiger partial charge >= 0.3 is 0 Å². The minimum atomic E-state index is -2.14. The maximum absolute atomic E-state index is 10.0. The maximum atomic E-state index is 10.0. The van der Waals surface area contributed by atoms with E-state index in [0.717, 1.165) is 0 Å². The van der Waals surface area contributed by atoms with Gasteiger partial charge in [0.05, 0.1) is 19.3 Å². The maximum Gasteiger partial charge on any atom is 0.197 e. The molecule has 0 radical (unpaired) electrons. The van der Waals surface area contributed by atoms with Crippen LogP contribution >= 0.6 is 0 Å². The second-order valence-electron chi connectivity index (χ2n) is 8.37. The highest BCUT2D eigenvalue weighted by atomic mass is 28.4. The summed E-state index contributed by atoms with van der Waals surface area (Å²) in [5.74, 6) is -0.632. The average molecular weight is 351 g/mol. The Kier molecular flexibility index (Phi) is 4.46. The van der Waals surface area contributed by atoms with Crippen molar-refractivity contribution >= 4 is 8.32 Å². The number of hydrogen-bond donors (Lipinski definition) is 1. The van der Waals surface area contributed by atoms with E-state index in [1.165, 1.54) is 5.56 Å². The summed E-state index contributed by atoms with van der Waals surface area (Å²) < 4.78 is 18.7. The lowest BCUT2D eigenvalue weighted by Gasteiger charge is -2.45. The molecule has 3 rings (SSSR count). The Hall–Kier alpha value is -0.723. The molecule has 2 aliphatic rings. The van der Waals surface area contributed by atoms with Crippen LogP contribution in [0.3, 0.4) is 0 Å². The molecule has 3 atom stereocenters. The second-order valence-corrected chi connectivity index (χ2v) is 12.9. The summed E-state index contributed by atoms with van der Waals surface area (Å²) in [7, 11) is -2.14. The van der Waals surface area contributed by atoms with Crippen LogP contribution < -0.4 is 0 Å². The van der Waals surface area contributed by atoms with Crippen LogP contribution in [0, 0.1) is 0 Å². The summed E-state index contributed by atoms with van der Waals surface area (Å²) in [6, 6.07) is 10.6. The van der Waals surface area contributed by atoms with Crippen molar-refractivity contribution < 1.29 is 19.0 Å². The van der Waals surface area contributed by atoms with Crippen molar-refractivity contribution in [2.45, 2.75) is 69.2 Å². The first-order chi connectivity index (χ1) is 11.1. The first kappa shape index (κ1) is 18.1. The smallest absolute Gasteiger partial charge is 0.197 e. The van der Waals surface area contributed by atoms with Gasteiger partial charge in [-0.15, -0.1) is 0 Å². The Balaban J connectivity index is 1.86. The van der Waals surface area contributed by atoms with Gasteiger partial charge in [0.2, 0.25) is 0 Å². The SMILES string of the molecule is CC(C)(c1ccccc1)[Si](C)(C)O[C@@H]1C[C@@]2(C)OCC[C@]1(CO)O2. The van der Waals surface area contributed by atoms with Crippen LogP contribution in [-0.4, -0.2) is 44.1 Å². The lowest BCUT2D eigenvalue weighted by Crippen LogP contribution is -2.57. The Labute approximate surface area is 146 Å². The molecule has 1 N–H and O–H groups in total. The van der Waals surface area contributed by atoms with Crippen molar-refractivity contribution in [3.8, 4) is 0 Å². The molecule has 2 fully saturated rings. The molecule has 1 aromatic rings. The Bertz CT molecular complexity index is 588. The number of rotatable bonds is 5. The van der Waals surface area contributed by atoms with Gasteiger partial charge in [0.25, 0.3) is 0 Å². The summed E-state index contributed by atoms with van der Waals surface area (Å²) >= 11 is 0. The number of aliphatic hydroxyl groups excluding tert-OH is 1. The molecule has 5 heteroatoms. The molecule has 2 heterocycles. The third-order valence-corrected chi connectivity index (χ3v) is 10.4. The minimum Gasteiger partial charge on any atom is -0.410 e. The predicted octanol–water partition coefficient (Wildman–Crippen LogP) is 3.38. The van der Waals surface area contributed by atoms with Gasteiger partial charge in [0.15, 0.2) is 14.1 Å². The van der Waals surface area contributed by atoms with E-state index in [4.69, 9.17) is 13.9 Å². The molecule has 24 heavy (non-hydrogen) atoms. The van der Waals surface area contributed by atoms with Gasteiger partial charge in [-0.05, 0) is 25.6 Å². The van der Waals surface area contributed by atoms with Crippen LogP contribution in [0.15, 0.2) is 30.3 Å². The van der Waals surface area contributed by atoms with Gasteiger partial charge in [-0.3, -0.25) is 0 Å². The van der Waals surface area contributed by atoms with Crippen LogP contribution in [0.5, 0.6) is 0 Å². The highest BCUT2D eigenvalue weighted by Gasteiger charge is 2.60. The van der Waals surface area contributed by atoms with Crippen molar-refractivity contribution in [3.63, 3.8) is 0 Å². The van der Waals surface area contributed by atoms with E-state index < -0.39 is 19.7 Å². The van der Waals surface area contributed by atoms with Crippen molar-refractivity contribution in [3.05, 3.63) is 35.9 Å². The fraction of sp³-hybridized carbons (Fsp3) is 0.684. The van der Waals surface area contributed by atoms with Crippen LogP contribution in [0.25, 0.3) is 0 Å².